The number of piperazine rings is 1. The number of amides is 1. The highest BCUT2D eigenvalue weighted by molar-refractivity contribution is 6.02. The molecule has 1 amide bonds. The van der Waals surface area contributed by atoms with E-state index in [1.807, 2.05) is 25.1 Å². The Kier molecular flexibility index (Phi) is 6.36. The number of carbonyl (C=O) groups excluding carboxylic acids is 1. The lowest BCUT2D eigenvalue weighted by molar-refractivity contribution is -0.157. The van der Waals surface area contributed by atoms with Crippen molar-refractivity contribution in [2.45, 2.75) is 44.8 Å². The molecule has 0 bridgehead atoms. The standard InChI is InChI=1S/C21H29N3O4/c1-2-18(23-19(26)21(20(27)28)10-6-3-7-11-21)24-13-12-22-16(14-24)15-8-4-5-9-17(15)25/h3-6,8-9,16,18,22,25H,2,7,10-14H2,1H3,(H,23,26)(H,27,28). The van der Waals surface area contributed by atoms with Crippen LogP contribution in [0, 0.1) is 5.41 Å². The van der Waals surface area contributed by atoms with Crippen molar-refractivity contribution in [3.63, 3.8) is 0 Å². The number of benzene rings is 1. The van der Waals surface area contributed by atoms with Gasteiger partial charge in [-0.3, -0.25) is 14.5 Å². The summed E-state index contributed by atoms with van der Waals surface area (Å²) in [5.74, 6) is -1.22. The summed E-state index contributed by atoms with van der Waals surface area (Å²) in [4.78, 5) is 27.0. The third-order valence-electron chi connectivity index (χ3n) is 5.86. The third-order valence-corrected chi connectivity index (χ3v) is 5.86. The van der Waals surface area contributed by atoms with Gasteiger partial charge in [0, 0.05) is 31.2 Å². The number of aromatic hydroxyl groups is 1. The van der Waals surface area contributed by atoms with Crippen LogP contribution in [0.5, 0.6) is 5.75 Å². The molecule has 1 saturated heterocycles. The number of hydrogen-bond donors (Lipinski definition) is 4. The minimum absolute atomic E-state index is 0.0491. The van der Waals surface area contributed by atoms with Crippen molar-refractivity contribution in [3.8, 4) is 5.75 Å². The Morgan fingerprint density at radius 2 is 2.14 bits per heavy atom. The van der Waals surface area contributed by atoms with Crippen LogP contribution in [0.3, 0.4) is 0 Å². The van der Waals surface area contributed by atoms with Gasteiger partial charge in [0.05, 0.1) is 6.17 Å². The first-order chi connectivity index (χ1) is 13.5. The Hall–Kier alpha value is -2.38. The van der Waals surface area contributed by atoms with E-state index in [2.05, 4.69) is 15.5 Å². The van der Waals surface area contributed by atoms with E-state index in [0.717, 1.165) is 18.7 Å². The number of nitrogens with one attached hydrogen (secondary N) is 2. The molecule has 0 radical (unpaired) electrons. The number of allylic oxidation sites excluding steroid dienone is 2. The number of para-hydroxylation sites is 1. The summed E-state index contributed by atoms with van der Waals surface area (Å²) in [6.45, 7) is 4.06. The van der Waals surface area contributed by atoms with Crippen LogP contribution in [0.4, 0.5) is 0 Å². The predicted octanol–water partition coefficient (Wildman–Crippen LogP) is 2.00. The Morgan fingerprint density at radius 3 is 2.79 bits per heavy atom. The Balaban J connectivity index is 1.72. The van der Waals surface area contributed by atoms with Crippen LogP contribution in [0.2, 0.25) is 0 Å². The van der Waals surface area contributed by atoms with Crippen molar-refractivity contribution < 1.29 is 19.8 Å². The minimum Gasteiger partial charge on any atom is -0.508 e. The van der Waals surface area contributed by atoms with Crippen LogP contribution in [0.15, 0.2) is 36.4 Å². The van der Waals surface area contributed by atoms with E-state index >= 15 is 0 Å². The number of aliphatic carboxylic acids is 1. The molecule has 7 heteroatoms. The second kappa shape index (κ2) is 8.75. The zero-order valence-corrected chi connectivity index (χ0v) is 16.2. The monoisotopic (exact) mass is 387 g/mol. The van der Waals surface area contributed by atoms with Crippen molar-refractivity contribution in [2.75, 3.05) is 19.6 Å². The molecule has 4 N–H and O–H groups in total. The van der Waals surface area contributed by atoms with Crippen molar-refractivity contribution in [2.24, 2.45) is 5.41 Å². The van der Waals surface area contributed by atoms with Crippen LogP contribution in [-0.2, 0) is 9.59 Å². The fourth-order valence-corrected chi connectivity index (χ4v) is 4.12. The molecule has 1 heterocycles. The highest BCUT2D eigenvalue weighted by Crippen LogP contribution is 2.34. The topological polar surface area (TPSA) is 102 Å². The zero-order valence-electron chi connectivity index (χ0n) is 16.2. The van der Waals surface area contributed by atoms with Crippen molar-refractivity contribution in [1.29, 1.82) is 0 Å². The normalized spacial score (nSPS) is 26.5. The van der Waals surface area contributed by atoms with Gasteiger partial charge in [-0.25, -0.2) is 0 Å². The van der Waals surface area contributed by atoms with Crippen molar-refractivity contribution in [1.82, 2.24) is 15.5 Å². The molecule has 7 nitrogen and oxygen atoms in total. The van der Waals surface area contributed by atoms with Crippen LogP contribution >= 0.6 is 0 Å². The molecule has 3 atom stereocenters. The highest BCUT2D eigenvalue weighted by Gasteiger charge is 2.46. The van der Waals surface area contributed by atoms with Gasteiger partial charge in [-0.15, -0.1) is 0 Å². The number of nitrogens with zero attached hydrogens (tertiary/aromatic N) is 1. The third kappa shape index (κ3) is 4.05. The van der Waals surface area contributed by atoms with Gasteiger partial charge in [0.1, 0.15) is 11.2 Å². The van der Waals surface area contributed by atoms with Gasteiger partial charge in [0.2, 0.25) is 5.91 Å². The van der Waals surface area contributed by atoms with Crippen LogP contribution in [0.1, 0.15) is 44.2 Å². The Morgan fingerprint density at radius 1 is 1.36 bits per heavy atom. The number of carbonyl (C=O) groups is 2. The largest absolute Gasteiger partial charge is 0.508 e. The number of carboxylic acids is 1. The lowest BCUT2D eigenvalue weighted by Crippen LogP contribution is -2.58. The van der Waals surface area contributed by atoms with Gasteiger partial charge in [0.25, 0.3) is 0 Å². The van der Waals surface area contributed by atoms with Gasteiger partial charge >= 0.3 is 5.97 Å². The fourth-order valence-electron chi connectivity index (χ4n) is 4.12. The number of carboxylic acid groups (broad SMARTS) is 1. The van der Waals surface area contributed by atoms with Gasteiger partial charge in [0.15, 0.2) is 0 Å². The minimum atomic E-state index is -1.38. The second-order valence-electron chi connectivity index (χ2n) is 7.56. The molecule has 28 heavy (non-hydrogen) atoms. The molecule has 3 rings (SSSR count). The second-order valence-corrected chi connectivity index (χ2v) is 7.56. The maximum Gasteiger partial charge on any atom is 0.319 e. The molecule has 152 valence electrons. The highest BCUT2D eigenvalue weighted by atomic mass is 16.4. The molecule has 2 aliphatic rings. The van der Waals surface area contributed by atoms with E-state index < -0.39 is 17.3 Å². The maximum absolute atomic E-state index is 13.0. The molecule has 1 aromatic rings. The molecular weight excluding hydrogens is 358 g/mol. The molecule has 1 aliphatic heterocycles. The average Bonchev–Trinajstić information content (AvgIpc) is 2.72. The lowest BCUT2D eigenvalue weighted by atomic mass is 9.76. The van der Waals surface area contributed by atoms with E-state index in [1.54, 1.807) is 18.2 Å². The quantitative estimate of drug-likeness (QED) is 0.440. The molecular formula is C21H29N3O4. The van der Waals surface area contributed by atoms with Crippen molar-refractivity contribution >= 4 is 11.9 Å². The average molecular weight is 387 g/mol. The summed E-state index contributed by atoms with van der Waals surface area (Å²) in [5, 5.41) is 26.3. The van der Waals surface area contributed by atoms with Gasteiger partial charge < -0.3 is 20.8 Å². The van der Waals surface area contributed by atoms with Crippen LogP contribution in [0.25, 0.3) is 0 Å². The first-order valence-electron chi connectivity index (χ1n) is 9.92. The summed E-state index contributed by atoms with van der Waals surface area (Å²) in [6.07, 6.45) is 5.29. The number of phenolic OH excluding ortho intramolecular Hbond substituents is 1. The molecule has 1 fully saturated rings. The first kappa shape index (κ1) is 20.4. The summed E-state index contributed by atoms with van der Waals surface area (Å²) < 4.78 is 0. The fraction of sp³-hybridized carbons (Fsp3) is 0.524. The van der Waals surface area contributed by atoms with E-state index in [1.165, 1.54) is 0 Å². The van der Waals surface area contributed by atoms with Crippen LogP contribution < -0.4 is 10.6 Å². The van der Waals surface area contributed by atoms with Gasteiger partial charge in [-0.1, -0.05) is 37.3 Å². The molecule has 0 saturated carbocycles. The van der Waals surface area contributed by atoms with Crippen LogP contribution in [-0.4, -0.2) is 52.8 Å². The number of rotatable bonds is 6. The van der Waals surface area contributed by atoms with E-state index in [0.29, 0.717) is 25.8 Å². The van der Waals surface area contributed by atoms with E-state index in [-0.39, 0.29) is 24.4 Å². The molecule has 0 spiro atoms. The van der Waals surface area contributed by atoms with Crippen molar-refractivity contribution in [3.05, 3.63) is 42.0 Å². The predicted molar refractivity (Wildman–Crippen MR) is 106 cm³/mol. The summed E-state index contributed by atoms with van der Waals surface area (Å²) in [7, 11) is 0. The first-order valence-corrected chi connectivity index (χ1v) is 9.92. The van der Waals surface area contributed by atoms with E-state index in [4.69, 9.17) is 0 Å². The Labute approximate surface area is 165 Å². The smallest absolute Gasteiger partial charge is 0.319 e. The maximum atomic E-state index is 13.0. The number of hydrogen-bond acceptors (Lipinski definition) is 5. The van der Waals surface area contributed by atoms with Gasteiger partial charge in [-0.2, -0.15) is 0 Å². The summed E-state index contributed by atoms with van der Waals surface area (Å²) >= 11 is 0. The molecule has 1 aromatic carbocycles. The Bertz CT molecular complexity index is 751. The summed E-state index contributed by atoms with van der Waals surface area (Å²) in [6, 6.07) is 7.19. The summed E-state index contributed by atoms with van der Waals surface area (Å²) in [5.41, 5.74) is -0.555. The molecule has 3 unspecified atom stereocenters. The number of phenols is 1. The molecule has 0 aromatic heterocycles. The lowest BCUT2D eigenvalue weighted by Gasteiger charge is -2.40. The van der Waals surface area contributed by atoms with Gasteiger partial charge in [-0.05, 0) is 31.7 Å². The van der Waals surface area contributed by atoms with E-state index in [9.17, 15) is 19.8 Å². The zero-order chi connectivity index (χ0) is 20.1. The molecule has 1 aliphatic carbocycles. The SMILES string of the molecule is CCC(NC(=O)C1(C(=O)O)CC=CCC1)N1CCNC(c2ccccc2O)C1.